The Kier molecular flexibility index (Phi) is 6.23. The highest BCUT2D eigenvalue weighted by atomic mass is 35.5. The van der Waals surface area contributed by atoms with Gasteiger partial charge in [-0.05, 0) is 44.9 Å². The zero-order chi connectivity index (χ0) is 15.6. The molecular weight excluding hydrogens is 325 g/mol. The molecular formula is C15H21Cl2N3O2. The molecule has 0 aromatic heterocycles. The van der Waals surface area contributed by atoms with Crippen LogP contribution in [-0.4, -0.2) is 35.3 Å². The highest BCUT2D eigenvalue weighted by Gasteiger charge is 2.45. The van der Waals surface area contributed by atoms with Gasteiger partial charge in [-0.3, -0.25) is 9.59 Å². The quantitative estimate of drug-likeness (QED) is 0.861. The van der Waals surface area contributed by atoms with Crippen LogP contribution in [0.4, 0.5) is 5.69 Å². The molecule has 0 bridgehead atoms. The Labute approximate surface area is 141 Å². The lowest BCUT2D eigenvalue weighted by Gasteiger charge is -2.19. The molecule has 0 heterocycles. The summed E-state index contributed by atoms with van der Waals surface area (Å²) in [5.41, 5.74) is 6.08. The molecule has 1 fully saturated rings. The number of halogens is 2. The van der Waals surface area contributed by atoms with Crippen molar-refractivity contribution < 1.29 is 9.59 Å². The van der Waals surface area contributed by atoms with Crippen LogP contribution in [-0.2, 0) is 4.79 Å². The van der Waals surface area contributed by atoms with E-state index < -0.39 is 5.54 Å². The SMILES string of the molecule is CCN(CC)C(=O)c1ccc(NC(=O)C2(N)CC2)cc1Cl.Cl. The number of anilines is 1. The number of nitrogens with two attached hydrogens (primary N) is 1. The molecule has 1 aromatic rings. The second-order valence-electron chi connectivity index (χ2n) is 5.28. The molecule has 2 rings (SSSR count). The monoisotopic (exact) mass is 345 g/mol. The maximum Gasteiger partial charge on any atom is 0.255 e. The van der Waals surface area contributed by atoms with E-state index in [0.717, 1.165) is 0 Å². The number of nitrogens with one attached hydrogen (secondary N) is 1. The van der Waals surface area contributed by atoms with Gasteiger partial charge in [0.15, 0.2) is 0 Å². The summed E-state index contributed by atoms with van der Waals surface area (Å²) in [5, 5.41) is 3.06. The number of hydrogen-bond acceptors (Lipinski definition) is 3. The Bertz CT molecular complexity index is 570. The Balaban J connectivity index is 0.00000242. The topological polar surface area (TPSA) is 75.4 Å². The molecule has 0 unspecified atom stereocenters. The fraction of sp³-hybridized carbons (Fsp3) is 0.467. The Morgan fingerprint density at radius 2 is 1.91 bits per heavy atom. The van der Waals surface area contributed by atoms with Gasteiger partial charge in [0, 0.05) is 18.8 Å². The van der Waals surface area contributed by atoms with Gasteiger partial charge in [0.05, 0.1) is 16.1 Å². The van der Waals surface area contributed by atoms with Crippen LogP contribution >= 0.6 is 24.0 Å². The van der Waals surface area contributed by atoms with Gasteiger partial charge < -0.3 is 16.0 Å². The second kappa shape index (κ2) is 7.31. The molecule has 2 amide bonds. The van der Waals surface area contributed by atoms with E-state index in [1.807, 2.05) is 13.8 Å². The van der Waals surface area contributed by atoms with E-state index in [1.54, 1.807) is 23.1 Å². The van der Waals surface area contributed by atoms with Gasteiger partial charge in [-0.2, -0.15) is 0 Å². The summed E-state index contributed by atoms with van der Waals surface area (Å²) in [6.07, 6.45) is 1.40. The highest BCUT2D eigenvalue weighted by Crippen LogP contribution is 2.33. The van der Waals surface area contributed by atoms with E-state index in [2.05, 4.69) is 5.32 Å². The average molecular weight is 346 g/mol. The second-order valence-corrected chi connectivity index (χ2v) is 5.69. The number of amides is 2. The van der Waals surface area contributed by atoms with Crippen LogP contribution in [0.1, 0.15) is 37.0 Å². The predicted octanol–water partition coefficient (Wildman–Crippen LogP) is 2.67. The molecule has 0 radical (unpaired) electrons. The number of carbonyl (C=O) groups excluding carboxylic acids is 2. The number of rotatable bonds is 5. The number of hydrogen-bond donors (Lipinski definition) is 2. The van der Waals surface area contributed by atoms with Crippen LogP contribution in [0.3, 0.4) is 0 Å². The smallest absolute Gasteiger partial charge is 0.255 e. The van der Waals surface area contributed by atoms with E-state index in [1.165, 1.54) is 0 Å². The van der Waals surface area contributed by atoms with Crippen molar-refractivity contribution in [1.82, 2.24) is 4.90 Å². The predicted molar refractivity (Wildman–Crippen MR) is 90.7 cm³/mol. The number of benzene rings is 1. The average Bonchev–Trinajstić information content (AvgIpc) is 3.19. The summed E-state index contributed by atoms with van der Waals surface area (Å²) in [5.74, 6) is -0.318. The Morgan fingerprint density at radius 3 is 2.36 bits per heavy atom. The van der Waals surface area contributed by atoms with E-state index in [0.29, 0.717) is 42.2 Å². The Hall–Kier alpha value is -1.30. The normalized spacial score (nSPS) is 14.7. The number of nitrogens with zero attached hydrogens (tertiary/aromatic N) is 1. The third-order valence-corrected chi connectivity index (χ3v) is 4.06. The van der Waals surface area contributed by atoms with Crippen molar-refractivity contribution in [2.75, 3.05) is 18.4 Å². The third kappa shape index (κ3) is 3.91. The first-order chi connectivity index (χ1) is 9.91. The van der Waals surface area contributed by atoms with Gasteiger partial charge in [-0.25, -0.2) is 0 Å². The zero-order valence-corrected chi connectivity index (χ0v) is 14.3. The summed E-state index contributed by atoms with van der Waals surface area (Å²) < 4.78 is 0. The molecule has 122 valence electrons. The van der Waals surface area contributed by atoms with E-state index in [4.69, 9.17) is 17.3 Å². The van der Waals surface area contributed by atoms with Crippen LogP contribution in [0, 0.1) is 0 Å². The fourth-order valence-electron chi connectivity index (χ4n) is 2.06. The molecule has 0 atom stereocenters. The molecule has 1 aliphatic carbocycles. The van der Waals surface area contributed by atoms with Crippen LogP contribution in [0.2, 0.25) is 5.02 Å². The maximum absolute atomic E-state index is 12.3. The minimum atomic E-state index is -0.734. The first kappa shape index (κ1) is 18.7. The molecule has 1 aliphatic rings. The molecule has 1 aromatic carbocycles. The maximum atomic E-state index is 12.3. The number of carbonyl (C=O) groups is 2. The van der Waals surface area contributed by atoms with Crippen molar-refractivity contribution in [3.05, 3.63) is 28.8 Å². The van der Waals surface area contributed by atoms with Crippen molar-refractivity contribution >= 4 is 41.5 Å². The van der Waals surface area contributed by atoms with Crippen molar-refractivity contribution in [3.8, 4) is 0 Å². The molecule has 0 spiro atoms. The van der Waals surface area contributed by atoms with Gasteiger partial charge >= 0.3 is 0 Å². The first-order valence-electron chi connectivity index (χ1n) is 7.10. The van der Waals surface area contributed by atoms with Crippen molar-refractivity contribution in [2.24, 2.45) is 5.73 Å². The Morgan fingerprint density at radius 1 is 1.32 bits per heavy atom. The lowest BCUT2D eigenvalue weighted by atomic mass is 10.1. The van der Waals surface area contributed by atoms with Gasteiger partial charge in [-0.15, -0.1) is 12.4 Å². The molecule has 1 saturated carbocycles. The summed E-state index contributed by atoms with van der Waals surface area (Å²) in [6, 6.07) is 4.89. The van der Waals surface area contributed by atoms with E-state index >= 15 is 0 Å². The minimum absolute atomic E-state index is 0. The van der Waals surface area contributed by atoms with Crippen LogP contribution in [0.15, 0.2) is 18.2 Å². The molecule has 22 heavy (non-hydrogen) atoms. The van der Waals surface area contributed by atoms with Gasteiger partial charge in [0.1, 0.15) is 0 Å². The van der Waals surface area contributed by atoms with Gasteiger partial charge in [0.2, 0.25) is 5.91 Å². The highest BCUT2D eigenvalue weighted by molar-refractivity contribution is 6.34. The third-order valence-electron chi connectivity index (χ3n) is 3.75. The zero-order valence-electron chi connectivity index (χ0n) is 12.7. The molecule has 3 N–H and O–H groups in total. The summed E-state index contributed by atoms with van der Waals surface area (Å²) >= 11 is 6.17. The summed E-state index contributed by atoms with van der Waals surface area (Å²) in [7, 11) is 0. The summed E-state index contributed by atoms with van der Waals surface area (Å²) in [4.78, 5) is 25.8. The largest absolute Gasteiger partial charge is 0.339 e. The molecule has 0 aliphatic heterocycles. The van der Waals surface area contributed by atoms with Crippen LogP contribution in [0.5, 0.6) is 0 Å². The first-order valence-corrected chi connectivity index (χ1v) is 7.48. The van der Waals surface area contributed by atoms with Gasteiger partial charge in [-0.1, -0.05) is 11.6 Å². The van der Waals surface area contributed by atoms with Crippen LogP contribution in [0.25, 0.3) is 0 Å². The lowest BCUT2D eigenvalue weighted by Crippen LogP contribution is -2.37. The van der Waals surface area contributed by atoms with Crippen LogP contribution < -0.4 is 11.1 Å². The molecule has 5 nitrogen and oxygen atoms in total. The summed E-state index contributed by atoms with van der Waals surface area (Å²) in [6.45, 7) is 5.08. The van der Waals surface area contributed by atoms with E-state index in [-0.39, 0.29) is 24.2 Å². The van der Waals surface area contributed by atoms with E-state index in [9.17, 15) is 9.59 Å². The molecule has 7 heteroatoms. The fourth-order valence-corrected chi connectivity index (χ4v) is 2.33. The van der Waals surface area contributed by atoms with Crippen molar-refractivity contribution in [2.45, 2.75) is 32.2 Å². The lowest BCUT2D eigenvalue weighted by molar-refractivity contribution is -0.118. The molecule has 0 saturated heterocycles. The van der Waals surface area contributed by atoms with Crippen molar-refractivity contribution in [3.63, 3.8) is 0 Å². The standard InChI is InChI=1S/C15H20ClN3O2.ClH/c1-3-19(4-2)13(20)11-6-5-10(9-12(11)16)18-14(21)15(17)7-8-15;/h5-6,9H,3-4,7-8,17H2,1-2H3,(H,18,21);1H. The minimum Gasteiger partial charge on any atom is -0.339 e. The van der Waals surface area contributed by atoms with Crippen molar-refractivity contribution in [1.29, 1.82) is 0 Å². The van der Waals surface area contributed by atoms with Gasteiger partial charge in [0.25, 0.3) is 5.91 Å².